The Hall–Kier alpha value is -1.93. The Morgan fingerprint density at radius 3 is 2.35 bits per heavy atom. The molecule has 0 atom stereocenters. The molecule has 7 nitrogen and oxygen atoms in total. The largest absolute Gasteiger partial charge is 0.481 e. The fourth-order valence-corrected chi connectivity index (χ4v) is 3.08. The molecule has 1 aromatic rings. The number of methoxy groups -OCH3 is 1. The highest BCUT2D eigenvalue weighted by Crippen LogP contribution is 2.14. The van der Waals surface area contributed by atoms with Crippen molar-refractivity contribution < 1.29 is 27.9 Å². The van der Waals surface area contributed by atoms with E-state index in [1.807, 2.05) is 0 Å². The Bertz CT molecular complexity index is 638. The first-order chi connectivity index (χ1) is 10.8. The molecule has 0 heterocycles. The van der Waals surface area contributed by atoms with Crippen molar-refractivity contribution in [2.45, 2.75) is 17.7 Å². The number of ether oxygens (including phenoxy) is 1. The number of sulfone groups is 1. The van der Waals surface area contributed by atoms with E-state index in [9.17, 15) is 18.0 Å². The van der Waals surface area contributed by atoms with Gasteiger partial charge in [-0.3, -0.25) is 9.59 Å². The first-order valence-corrected chi connectivity index (χ1v) is 8.72. The van der Waals surface area contributed by atoms with Crippen LogP contribution >= 0.6 is 0 Å². The molecular weight excluding hydrogens is 322 g/mol. The van der Waals surface area contributed by atoms with Gasteiger partial charge in [-0.2, -0.15) is 0 Å². The maximum absolute atomic E-state index is 12.2. The third-order valence-corrected chi connectivity index (χ3v) is 4.94. The summed E-state index contributed by atoms with van der Waals surface area (Å²) in [5, 5.41) is 8.58. The van der Waals surface area contributed by atoms with Crippen molar-refractivity contribution in [3.8, 4) is 0 Å². The van der Waals surface area contributed by atoms with Crippen LogP contribution in [-0.2, 0) is 19.4 Å². The highest BCUT2D eigenvalue weighted by Gasteiger charge is 2.16. The second-order valence-corrected chi connectivity index (χ2v) is 7.17. The second kappa shape index (κ2) is 8.64. The minimum atomic E-state index is -3.42. The molecule has 0 aliphatic rings. The molecule has 1 aromatic carbocycles. The van der Waals surface area contributed by atoms with Crippen molar-refractivity contribution in [2.24, 2.45) is 0 Å². The first kappa shape index (κ1) is 19.1. The normalized spacial score (nSPS) is 11.2. The molecule has 0 unspecified atom stereocenters. The molecule has 0 bridgehead atoms. The third-order valence-electron chi connectivity index (χ3n) is 3.25. The van der Waals surface area contributed by atoms with Crippen LogP contribution in [0.3, 0.4) is 0 Å². The number of amides is 1. The monoisotopic (exact) mass is 343 g/mol. The molecule has 1 amide bonds. The molecule has 0 fully saturated rings. The number of hydrogen-bond acceptors (Lipinski definition) is 5. The SMILES string of the molecule is COCCS(=O)(=O)c1ccc(C(=O)N(C)CCCC(=O)O)cc1. The minimum absolute atomic E-state index is 0.00565. The zero-order valence-electron chi connectivity index (χ0n) is 13.2. The summed E-state index contributed by atoms with van der Waals surface area (Å²) in [7, 11) is -0.419. The standard InChI is InChI=1S/C15H21NO6S/c1-16(9-3-4-14(17)18)15(19)12-5-7-13(8-6-12)23(20,21)11-10-22-2/h5-8H,3-4,9-11H2,1-2H3,(H,17,18). The Kier molecular flexibility index (Phi) is 7.18. The maximum atomic E-state index is 12.2. The van der Waals surface area contributed by atoms with Crippen LogP contribution in [0.25, 0.3) is 0 Å². The Balaban J connectivity index is 2.72. The van der Waals surface area contributed by atoms with Gasteiger partial charge in [-0.1, -0.05) is 0 Å². The third kappa shape index (κ3) is 5.99. The van der Waals surface area contributed by atoms with Gasteiger partial charge in [-0.25, -0.2) is 8.42 Å². The topological polar surface area (TPSA) is 101 Å². The lowest BCUT2D eigenvalue weighted by atomic mass is 10.2. The smallest absolute Gasteiger partial charge is 0.303 e. The zero-order chi connectivity index (χ0) is 17.5. The number of aliphatic carboxylic acids is 1. The first-order valence-electron chi connectivity index (χ1n) is 7.07. The van der Waals surface area contributed by atoms with Gasteiger partial charge in [0.2, 0.25) is 0 Å². The molecule has 0 spiro atoms. The van der Waals surface area contributed by atoms with Gasteiger partial charge in [0.1, 0.15) is 0 Å². The molecule has 0 saturated heterocycles. The lowest BCUT2D eigenvalue weighted by Gasteiger charge is -2.16. The van der Waals surface area contributed by atoms with Gasteiger partial charge in [0.15, 0.2) is 9.84 Å². The predicted octanol–water partition coefficient (Wildman–Crippen LogP) is 1.04. The number of nitrogens with zero attached hydrogens (tertiary/aromatic N) is 1. The van der Waals surface area contributed by atoms with Crippen LogP contribution in [0.1, 0.15) is 23.2 Å². The number of carboxylic acid groups (broad SMARTS) is 1. The fraction of sp³-hybridized carbons (Fsp3) is 0.467. The van der Waals surface area contributed by atoms with E-state index < -0.39 is 15.8 Å². The Morgan fingerprint density at radius 1 is 1.22 bits per heavy atom. The summed E-state index contributed by atoms with van der Waals surface area (Å²) in [6, 6.07) is 5.69. The number of hydrogen-bond donors (Lipinski definition) is 1. The van der Waals surface area contributed by atoms with Gasteiger partial charge in [-0.15, -0.1) is 0 Å². The second-order valence-electron chi connectivity index (χ2n) is 5.06. The van der Waals surface area contributed by atoms with Gasteiger partial charge < -0.3 is 14.7 Å². The van der Waals surface area contributed by atoms with E-state index in [2.05, 4.69) is 0 Å². The summed E-state index contributed by atoms with van der Waals surface area (Å²) in [4.78, 5) is 24.2. The molecular formula is C15H21NO6S. The van der Waals surface area contributed by atoms with Gasteiger partial charge in [0.05, 0.1) is 17.3 Å². The molecule has 0 aliphatic carbocycles. The summed E-state index contributed by atoms with van der Waals surface area (Å²) in [6.45, 7) is 0.425. The molecule has 23 heavy (non-hydrogen) atoms. The van der Waals surface area contributed by atoms with Crippen LogP contribution in [-0.4, -0.2) is 63.4 Å². The van der Waals surface area contributed by atoms with Crippen molar-refractivity contribution >= 4 is 21.7 Å². The van der Waals surface area contributed by atoms with Crippen LogP contribution in [0.15, 0.2) is 29.2 Å². The molecule has 1 N–H and O–H groups in total. The van der Waals surface area contributed by atoms with Gasteiger partial charge >= 0.3 is 5.97 Å². The highest BCUT2D eigenvalue weighted by atomic mass is 32.2. The molecule has 128 valence electrons. The average Bonchev–Trinajstić information content (AvgIpc) is 2.52. The van der Waals surface area contributed by atoms with Crippen LogP contribution < -0.4 is 0 Å². The lowest BCUT2D eigenvalue weighted by molar-refractivity contribution is -0.137. The van der Waals surface area contributed by atoms with Gasteiger partial charge in [0.25, 0.3) is 5.91 Å². The van der Waals surface area contributed by atoms with Gasteiger partial charge in [-0.05, 0) is 30.7 Å². The van der Waals surface area contributed by atoms with E-state index in [-0.39, 0.29) is 29.6 Å². The Labute approximate surface area is 135 Å². The quantitative estimate of drug-likeness (QED) is 0.719. The number of carbonyl (C=O) groups excluding carboxylic acids is 1. The predicted molar refractivity (Wildman–Crippen MR) is 84.2 cm³/mol. The van der Waals surface area contributed by atoms with Crippen molar-refractivity contribution in [2.75, 3.05) is 33.1 Å². The molecule has 1 rings (SSSR count). The van der Waals surface area contributed by atoms with Crippen LogP contribution in [0.5, 0.6) is 0 Å². The van der Waals surface area contributed by atoms with Crippen molar-refractivity contribution in [1.29, 1.82) is 0 Å². The van der Waals surface area contributed by atoms with Crippen LogP contribution in [0, 0.1) is 0 Å². The molecule has 0 aliphatic heterocycles. The maximum Gasteiger partial charge on any atom is 0.303 e. The minimum Gasteiger partial charge on any atom is -0.481 e. The number of carboxylic acids is 1. The van der Waals surface area contributed by atoms with Crippen molar-refractivity contribution in [3.05, 3.63) is 29.8 Å². The Morgan fingerprint density at radius 2 is 1.83 bits per heavy atom. The van der Waals surface area contributed by atoms with E-state index in [1.165, 1.54) is 36.3 Å². The summed E-state index contributed by atoms with van der Waals surface area (Å²) >= 11 is 0. The van der Waals surface area contributed by atoms with E-state index in [0.717, 1.165) is 0 Å². The number of carbonyl (C=O) groups is 2. The molecule has 0 saturated carbocycles. The summed E-state index contributed by atoms with van der Waals surface area (Å²) < 4.78 is 28.7. The summed E-state index contributed by atoms with van der Waals surface area (Å²) in [6.07, 6.45) is 0.357. The van der Waals surface area contributed by atoms with Gasteiger partial charge in [0, 0.05) is 32.7 Å². The van der Waals surface area contributed by atoms with E-state index in [0.29, 0.717) is 18.5 Å². The average molecular weight is 343 g/mol. The highest BCUT2D eigenvalue weighted by molar-refractivity contribution is 7.91. The number of rotatable bonds is 9. The van der Waals surface area contributed by atoms with Crippen molar-refractivity contribution in [3.63, 3.8) is 0 Å². The van der Waals surface area contributed by atoms with E-state index in [4.69, 9.17) is 9.84 Å². The number of benzene rings is 1. The van der Waals surface area contributed by atoms with E-state index in [1.54, 1.807) is 7.05 Å². The summed E-state index contributed by atoms with van der Waals surface area (Å²) in [5.41, 5.74) is 0.355. The lowest BCUT2D eigenvalue weighted by Crippen LogP contribution is -2.28. The fourth-order valence-electron chi connectivity index (χ4n) is 1.91. The van der Waals surface area contributed by atoms with Crippen LogP contribution in [0.4, 0.5) is 0 Å². The molecule has 0 aromatic heterocycles. The zero-order valence-corrected chi connectivity index (χ0v) is 14.0. The van der Waals surface area contributed by atoms with Crippen LogP contribution in [0.2, 0.25) is 0 Å². The molecule has 8 heteroatoms. The molecule has 0 radical (unpaired) electrons. The summed E-state index contributed by atoms with van der Waals surface area (Å²) in [5.74, 6) is -1.31. The van der Waals surface area contributed by atoms with E-state index >= 15 is 0 Å². The van der Waals surface area contributed by atoms with Crippen molar-refractivity contribution in [1.82, 2.24) is 4.90 Å².